The molecule has 0 aliphatic rings. The first-order valence-corrected chi connectivity index (χ1v) is 12.5. The summed E-state index contributed by atoms with van der Waals surface area (Å²) in [7, 11) is 0. The minimum Gasteiger partial charge on any atom is -0.366 e. The Bertz CT molecular complexity index is 1660. The van der Waals surface area contributed by atoms with Crippen molar-refractivity contribution in [2.75, 3.05) is 0 Å². The van der Waals surface area contributed by atoms with Crippen LogP contribution in [0.15, 0.2) is 67.4 Å². The van der Waals surface area contributed by atoms with Crippen molar-refractivity contribution in [3.8, 4) is 11.1 Å². The van der Waals surface area contributed by atoms with Gasteiger partial charge in [0, 0.05) is 23.5 Å². The number of pyridine rings is 1. The zero-order chi connectivity index (χ0) is 30.8. The Morgan fingerprint density at radius 2 is 1.76 bits per heavy atom. The van der Waals surface area contributed by atoms with E-state index in [1.54, 1.807) is 6.07 Å². The third-order valence-electron chi connectivity index (χ3n) is 6.53. The van der Waals surface area contributed by atoms with Crippen molar-refractivity contribution in [1.29, 1.82) is 0 Å². The molecule has 2 amide bonds. The molecule has 0 aliphatic heterocycles. The number of carbonyl (C=O) groups is 2. The Kier molecular flexibility index (Phi) is 8.55. The van der Waals surface area contributed by atoms with Crippen LogP contribution in [-0.4, -0.2) is 21.4 Å². The van der Waals surface area contributed by atoms with E-state index in [0.717, 1.165) is 28.8 Å². The Morgan fingerprint density at radius 1 is 1.07 bits per heavy atom. The first-order valence-electron chi connectivity index (χ1n) is 12.5. The molecule has 1 atom stereocenters. The summed E-state index contributed by atoms with van der Waals surface area (Å²) in [4.78, 5) is 29.4. The van der Waals surface area contributed by atoms with Crippen LogP contribution in [0.25, 0.3) is 17.2 Å². The number of nitrogens with zero attached hydrogens (tertiary/aromatic N) is 2. The number of rotatable bonds is 9. The van der Waals surface area contributed by atoms with Gasteiger partial charge in [-0.3, -0.25) is 14.6 Å². The van der Waals surface area contributed by atoms with E-state index in [-0.39, 0.29) is 34.5 Å². The van der Waals surface area contributed by atoms with Crippen molar-refractivity contribution in [1.82, 2.24) is 14.9 Å². The summed E-state index contributed by atoms with van der Waals surface area (Å²) in [6, 6.07) is 9.16. The zero-order valence-corrected chi connectivity index (χ0v) is 22.1. The van der Waals surface area contributed by atoms with Crippen LogP contribution in [-0.2, 0) is 23.9 Å². The molecule has 0 bridgehead atoms. The molecule has 0 spiro atoms. The molecule has 0 saturated heterocycles. The molecule has 4 aromatic rings. The number of hydrogen-bond donors (Lipinski definition) is 2. The van der Waals surface area contributed by atoms with E-state index in [1.165, 1.54) is 37.4 Å². The molecule has 0 radical (unpaired) electrons. The quantitative estimate of drug-likeness (QED) is 0.231. The van der Waals surface area contributed by atoms with Gasteiger partial charge < -0.3 is 15.6 Å². The molecular weight excluding hydrogens is 562 g/mol. The third-order valence-corrected chi connectivity index (χ3v) is 6.53. The average molecular weight is 587 g/mol. The summed E-state index contributed by atoms with van der Waals surface area (Å²) in [5, 5.41) is 2.63. The summed E-state index contributed by atoms with van der Waals surface area (Å²) in [6.07, 6.45) is -2.42. The van der Waals surface area contributed by atoms with E-state index in [0.29, 0.717) is 11.6 Å². The minimum atomic E-state index is -4.76. The molecule has 2 heterocycles. The van der Waals surface area contributed by atoms with Gasteiger partial charge in [-0.25, -0.2) is 13.2 Å². The fourth-order valence-corrected chi connectivity index (χ4v) is 4.76. The zero-order valence-electron chi connectivity index (χ0n) is 22.1. The molecule has 3 N–H and O–H groups in total. The van der Waals surface area contributed by atoms with E-state index in [1.807, 2.05) is 0 Å². The Hall–Kier alpha value is -4.87. The van der Waals surface area contributed by atoms with Gasteiger partial charge in [0.25, 0.3) is 5.91 Å². The highest BCUT2D eigenvalue weighted by Gasteiger charge is 2.36. The second kappa shape index (κ2) is 11.9. The van der Waals surface area contributed by atoms with Gasteiger partial charge in [-0.05, 0) is 72.5 Å². The molecule has 12 heteroatoms. The second-order valence-electron chi connectivity index (χ2n) is 9.48. The lowest BCUT2D eigenvalue weighted by atomic mass is 9.94. The average Bonchev–Trinajstić information content (AvgIpc) is 3.23. The van der Waals surface area contributed by atoms with Crippen LogP contribution in [0.1, 0.15) is 44.6 Å². The predicted octanol–water partition coefficient (Wildman–Crippen LogP) is 6.14. The van der Waals surface area contributed by atoms with Crippen LogP contribution < -0.4 is 11.1 Å². The molecule has 0 saturated carbocycles. The number of carbonyl (C=O) groups excluding carboxylic acids is 2. The molecular formula is C30H24F6N4O2. The maximum absolute atomic E-state index is 14.2. The smallest absolute Gasteiger partial charge is 0.366 e. The van der Waals surface area contributed by atoms with Crippen LogP contribution in [0.5, 0.6) is 0 Å². The highest BCUT2D eigenvalue weighted by atomic mass is 19.4. The second-order valence-corrected chi connectivity index (χ2v) is 9.48. The topological polar surface area (TPSA) is 90.0 Å². The number of aryl methyl sites for hydroxylation is 1. The fourth-order valence-electron chi connectivity index (χ4n) is 4.76. The normalized spacial score (nSPS) is 12.2. The largest absolute Gasteiger partial charge is 0.431 e. The van der Waals surface area contributed by atoms with Crippen molar-refractivity contribution in [3.05, 3.63) is 119 Å². The number of primary amides is 1. The summed E-state index contributed by atoms with van der Waals surface area (Å²) < 4.78 is 84.3. The number of nitrogens with one attached hydrogen (secondary N) is 1. The molecule has 0 aliphatic carbocycles. The van der Waals surface area contributed by atoms with E-state index >= 15 is 0 Å². The monoisotopic (exact) mass is 586 g/mol. The summed E-state index contributed by atoms with van der Waals surface area (Å²) in [5.41, 5.74) is 5.01. The Morgan fingerprint density at radius 3 is 2.38 bits per heavy atom. The van der Waals surface area contributed by atoms with Crippen molar-refractivity contribution >= 4 is 17.9 Å². The third kappa shape index (κ3) is 6.54. The first-order chi connectivity index (χ1) is 19.8. The lowest BCUT2D eigenvalue weighted by Crippen LogP contribution is -2.34. The lowest BCUT2D eigenvalue weighted by Gasteiger charge is -2.23. The van der Waals surface area contributed by atoms with Crippen molar-refractivity contribution in [3.63, 3.8) is 0 Å². The number of halogens is 6. The van der Waals surface area contributed by atoms with Gasteiger partial charge in [-0.15, -0.1) is 0 Å². The molecule has 6 nitrogen and oxygen atoms in total. The number of aromatic nitrogens is 2. The van der Waals surface area contributed by atoms with Crippen molar-refractivity contribution < 1.29 is 35.9 Å². The van der Waals surface area contributed by atoms with E-state index < -0.39 is 59.3 Å². The molecule has 4 rings (SSSR count). The standard InChI is InChI=1S/C30H24F6N4O2/c1-3-25-16(2)9-26(30(34,35)36)40(25)15-27(41)39-24(12-17-10-19(31)14-20(32)11-17)28-21(5-4-8-38-28)18-6-7-23(33)22(13-18)29(37)42/h3-11,13-14,24H,1,12,15H2,2H3,(H2,37,42)(H,39,41)/t24-/m0/s1. The van der Waals surface area contributed by atoms with Crippen LogP contribution in [0.4, 0.5) is 26.3 Å². The van der Waals surface area contributed by atoms with Crippen molar-refractivity contribution in [2.24, 2.45) is 5.73 Å². The molecule has 2 aromatic carbocycles. The maximum Gasteiger partial charge on any atom is 0.431 e. The van der Waals surface area contributed by atoms with Gasteiger partial charge in [0.2, 0.25) is 5.91 Å². The Balaban J connectivity index is 1.78. The predicted molar refractivity (Wildman–Crippen MR) is 143 cm³/mol. The number of benzene rings is 2. The lowest BCUT2D eigenvalue weighted by molar-refractivity contribution is -0.144. The number of hydrogen-bond acceptors (Lipinski definition) is 3. The van der Waals surface area contributed by atoms with Crippen LogP contribution >= 0.6 is 0 Å². The molecule has 42 heavy (non-hydrogen) atoms. The minimum absolute atomic E-state index is 0.0880. The van der Waals surface area contributed by atoms with Crippen LogP contribution in [0.3, 0.4) is 0 Å². The summed E-state index contributed by atoms with van der Waals surface area (Å²) in [5.74, 6) is -4.52. The number of amides is 2. The highest BCUT2D eigenvalue weighted by molar-refractivity contribution is 5.94. The summed E-state index contributed by atoms with van der Waals surface area (Å²) in [6.45, 7) is 4.23. The summed E-state index contributed by atoms with van der Waals surface area (Å²) >= 11 is 0. The Labute approximate surface area is 236 Å². The van der Waals surface area contributed by atoms with E-state index in [9.17, 15) is 35.9 Å². The van der Waals surface area contributed by atoms with Gasteiger partial charge in [0.1, 0.15) is 29.7 Å². The van der Waals surface area contributed by atoms with Crippen LogP contribution in [0.2, 0.25) is 0 Å². The molecule has 2 aromatic heterocycles. The number of nitrogens with two attached hydrogens (primary N) is 1. The van der Waals surface area contributed by atoms with Gasteiger partial charge in [-0.1, -0.05) is 18.7 Å². The van der Waals surface area contributed by atoms with Crippen LogP contribution in [0, 0.1) is 24.4 Å². The van der Waals surface area contributed by atoms with Gasteiger partial charge in [0.15, 0.2) is 0 Å². The van der Waals surface area contributed by atoms with Gasteiger partial charge in [-0.2, -0.15) is 13.2 Å². The maximum atomic E-state index is 14.2. The van der Waals surface area contributed by atoms with Crippen molar-refractivity contribution in [2.45, 2.75) is 32.1 Å². The SMILES string of the molecule is C=Cc1c(C)cc(C(F)(F)F)n1CC(=O)N[C@@H](Cc1cc(F)cc(F)c1)c1ncccc1-c1ccc(F)c(C(N)=O)c1. The highest BCUT2D eigenvalue weighted by Crippen LogP contribution is 2.34. The van der Waals surface area contributed by atoms with Gasteiger partial charge in [0.05, 0.1) is 17.3 Å². The van der Waals surface area contributed by atoms with E-state index in [4.69, 9.17) is 5.73 Å². The first kappa shape index (κ1) is 30.1. The van der Waals surface area contributed by atoms with Gasteiger partial charge >= 0.3 is 6.18 Å². The molecule has 218 valence electrons. The molecule has 0 fully saturated rings. The van der Waals surface area contributed by atoms with E-state index in [2.05, 4.69) is 16.9 Å². The number of alkyl halides is 3. The fraction of sp³-hybridized carbons (Fsp3) is 0.167. The molecule has 0 unspecified atom stereocenters.